The molecule has 5 rings (SSSR count). The number of rotatable bonds is 4. The van der Waals surface area contributed by atoms with Crippen LogP contribution in [0.5, 0.6) is 11.5 Å². The highest BCUT2D eigenvalue weighted by Gasteiger charge is 2.34. The molecule has 0 radical (unpaired) electrons. The van der Waals surface area contributed by atoms with Crippen molar-refractivity contribution in [3.05, 3.63) is 103 Å². The van der Waals surface area contributed by atoms with E-state index in [1.807, 2.05) is 42.5 Å². The van der Waals surface area contributed by atoms with Gasteiger partial charge in [0.2, 0.25) is 0 Å². The molecule has 0 aliphatic carbocycles. The summed E-state index contributed by atoms with van der Waals surface area (Å²) >= 11 is 1.20. The molecule has 0 bridgehead atoms. The van der Waals surface area contributed by atoms with Crippen molar-refractivity contribution in [2.75, 3.05) is 6.61 Å². The predicted octanol–water partition coefficient (Wildman–Crippen LogP) is 3.36. The molecule has 0 saturated carbocycles. The zero-order chi connectivity index (χ0) is 24.7. The molecule has 0 spiro atoms. The Morgan fingerprint density at radius 1 is 1.11 bits per heavy atom. The summed E-state index contributed by atoms with van der Waals surface area (Å²) in [5, 5.41) is 21.4. The van der Waals surface area contributed by atoms with Gasteiger partial charge in [-0.15, -0.1) is 0 Å². The highest BCUT2D eigenvalue weighted by atomic mass is 32.1. The minimum Gasteiger partial charge on any atom is -0.504 e. The zero-order valence-corrected chi connectivity index (χ0v) is 19.9. The van der Waals surface area contributed by atoms with E-state index in [9.17, 15) is 19.8 Å². The Labute approximate surface area is 204 Å². The highest BCUT2D eigenvalue weighted by molar-refractivity contribution is 7.07. The Bertz CT molecular complexity index is 1690. The largest absolute Gasteiger partial charge is 0.504 e. The van der Waals surface area contributed by atoms with Gasteiger partial charge in [-0.05, 0) is 54.0 Å². The third kappa shape index (κ3) is 3.91. The lowest BCUT2D eigenvalue weighted by Crippen LogP contribution is -2.40. The average Bonchev–Trinajstić information content (AvgIpc) is 3.14. The number of fused-ring (bicyclic) bond motifs is 2. The number of allylic oxidation sites excluding steroid dienone is 1. The quantitative estimate of drug-likeness (QED) is 0.340. The minimum absolute atomic E-state index is 0.201. The molecule has 2 heterocycles. The van der Waals surface area contributed by atoms with Gasteiger partial charge in [0.15, 0.2) is 16.3 Å². The normalized spacial score (nSPS) is 15.7. The fraction of sp³-hybridized carbons (Fsp3) is 0.148. The van der Waals surface area contributed by atoms with Crippen molar-refractivity contribution in [3.63, 3.8) is 0 Å². The van der Waals surface area contributed by atoms with Gasteiger partial charge in [0, 0.05) is 0 Å². The number of hydrogen-bond donors (Lipinski definition) is 2. The van der Waals surface area contributed by atoms with Crippen molar-refractivity contribution in [2.24, 2.45) is 4.99 Å². The Balaban J connectivity index is 1.79. The smallest absolute Gasteiger partial charge is 0.338 e. The third-order valence-corrected chi connectivity index (χ3v) is 6.92. The molecule has 35 heavy (non-hydrogen) atoms. The molecule has 2 N–H and O–H groups in total. The summed E-state index contributed by atoms with van der Waals surface area (Å²) in [5.41, 5.74) is 1.86. The summed E-state index contributed by atoms with van der Waals surface area (Å²) in [5.74, 6) is -1.03. The van der Waals surface area contributed by atoms with E-state index in [0.29, 0.717) is 26.2 Å². The molecule has 7 nitrogen and oxygen atoms in total. The van der Waals surface area contributed by atoms with Gasteiger partial charge >= 0.3 is 5.97 Å². The molecule has 1 aliphatic heterocycles. The van der Waals surface area contributed by atoms with Crippen molar-refractivity contribution in [1.29, 1.82) is 0 Å². The Kier molecular flexibility index (Phi) is 5.74. The second-order valence-electron chi connectivity index (χ2n) is 8.12. The minimum atomic E-state index is -0.716. The van der Waals surface area contributed by atoms with E-state index in [1.54, 1.807) is 26.0 Å². The monoisotopic (exact) mass is 486 g/mol. The summed E-state index contributed by atoms with van der Waals surface area (Å²) in [4.78, 5) is 31.9. The van der Waals surface area contributed by atoms with E-state index in [2.05, 4.69) is 4.99 Å². The van der Waals surface area contributed by atoms with E-state index >= 15 is 0 Å². The van der Waals surface area contributed by atoms with Crippen LogP contribution >= 0.6 is 11.3 Å². The number of aromatic nitrogens is 1. The summed E-state index contributed by atoms with van der Waals surface area (Å²) in [6, 6.07) is 17.3. The summed E-state index contributed by atoms with van der Waals surface area (Å²) in [6.45, 7) is 3.69. The van der Waals surface area contributed by atoms with Crippen molar-refractivity contribution in [1.82, 2.24) is 4.57 Å². The maximum absolute atomic E-state index is 13.7. The number of thiazole rings is 1. The second-order valence-corrected chi connectivity index (χ2v) is 9.13. The molecular formula is C27H22N2O5S. The number of nitrogens with zero attached hydrogens (tertiary/aromatic N) is 2. The van der Waals surface area contributed by atoms with Gasteiger partial charge in [-0.25, -0.2) is 9.79 Å². The van der Waals surface area contributed by atoms with Crippen LogP contribution in [0.4, 0.5) is 0 Å². The molecule has 1 aliphatic rings. The molecule has 8 heteroatoms. The van der Waals surface area contributed by atoms with E-state index in [4.69, 9.17) is 4.74 Å². The van der Waals surface area contributed by atoms with Crippen LogP contribution in [0.2, 0.25) is 0 Å². The lowest BCUT2D eigenvalue weighted by Gasteiger charge is -2.25. The van der Waals surface area contributed by atoms with Crippen molar-refractivity contribution < 1.29 is 19.7 Å². The van der Waals surface area contributed by atoms with Crippen LogP contribution < -0.4 is 14.9 Å². The van der Waals surface area contributed by atoms with Gasteiger partial charge in [-0.3, -0.25) is 9.36 Å². The number of phenolic OH excluding ortho intramolecular Hbond substituents is 2. The van der Waals surface area contributed by atoms with Gasteiger partial charge in [0.05, 0.1) is 28.5 Å². The number of hydrogen-bond acceptors (Lipinski definition) is 7. The molecule has 0 amide bonds. The summed E-state index contributed by atoms with van der Waals surface area (Å²) < 4.78 is 7.29. The van der Waals surface area contributed by atoms with Gasteiger partial charge < -0.3 is 14.9 Å². The summed E-state index contributed by atoms with van der Waals surface area (Å²) in [7, 11) is 0. The Morgan fingerprint density at radius 3 is 2.66 bits per heavy atom. The molecule has 0 saturated heterocycles. The predicted molar refractivity (Wildman–Crippen MR) is 134 cm³/mol. The fourth-order valence-electron chi connectivity index (χ4n) is 4.36. The molecular weight excluding hydrogens is 464 g/mol. The standard InChI is InChI=1S/C27H22N2O5S/c1-3-34-26(33)23-15(2)28-27-29(24(23)19-10-6-8-17-7-4-5-9-18(17)19)25(32)22(35-27)14-16-11-12-20(30)21(31)13-16/h4-14,24,30-31H,3H2,1-2H3/b22-14+/t24-/m0/s1. The van der Waals surface area contributed by atoms with Gasteiger partial charge in [0.25, 0.3) is 5.56 Å². The molecule has 0 fully saturated rings. The topological polar surface area (TPSA) is 101 Å². The lowest BCUT2D eigenvalue weighted by molar-refractivity contribution is -0.139. The second kappa shape index (κ2) is 8.88. The lowest BCUT2D eigenvalue weighted by atomic mass is 9.91. The first-order valence-corrected chi connectivity index (χ1v) is 11.9. The number of aromatic hydroxyl groups is 2. The molecule has 1 atom stereocenters. The first kappa shape index (κ1) is 22.6. The molecule has 3 aromatic carbocycles. The van der Waals surface area contributed by atoms with Crippen LogP contribution in [-0.4, -0.2) is 27.4 Å². The fourth-order valence-corrected chi connectivity index (χ4v) is 5.40. The number of ether oxygens (including phenoxy) is 1. The van der Waals surface area contributed by atoms with Crippen LogP contribution in [0.15, 0.2) is 81.7 Å². The SMILES string of the molecule is CCOC(=O)C1=C(C)N=c2s/c(=C/c3ccc(O)c(O)c3)c(=O)n2[C@H]1c1cccc2ccccc12. The van der Waals surface area contributed by atoms with Crippen LogP contribution in [0.25, 0.3) is 16.8 Å². The van der Waals surface area contributed by atoms with E-state index in [0.717, 1.165) is 16.3 Å². The van der Waals surface area contributed by atoms with Gasteiger partial charge in [-0.1, -0.05) is 59.9 Å². The average molecular weight is 487 g/mol. The van der Waals surface area contributed by atoms with Crippen LogP contribution in [0.3, 0.4) is 0 Å². The van der Waals surface area contributed by atoms with Crippen molar-refractivity contribution in [3.8, 4) is 11.5 Å². The molecule has 1 aromatic heterocycles. The number of carbonyl (C=O) groups excluding carboxylic acids is 1. The van der Waals surface area contributed by atoms with Crippen LogP contribution in [0.1, 0.15) is 31.0 Å². The zero-order valence-electron chi connectivity index (χ0n) is 19.1. The van der Waals surface area contributed by atoms with Crippen molar-refractivity contribution in [2.45, 2.75) is 19.9 Å². The Morgan fingerprint density at radius 2 is 1.89 bits per heavy atom. The van der Waals surface area contributed by atoms with E-state index in [-0.39, 0.29) is 23.7 Å². The molecule has 0 unspecified atom stereocenters. The first-order valence-electron chi connectivity index (χ1n) is 11.1. The van der Waals surface area contributed by atoms with E-state index < -0.39 is 12.0 Å². The van der Waals surface area contributed by atoms with Gasteiger partial charge in [0.1, 0.15) is 0 Å². The summed E-state index contributed by atoms with van der Waals surface area (Å²) in [6.07, 6.45) is 1.63. The first-order chi connectivity index (χ1) is 16.9. The number of carbonyl (C=O) groups is 1. The van der Waals surface area contributed by atoms with Crippen LogP contribution in [0, 0.1) is 0 Å². The highest BCUT2D eigenvalue weighted by Crippen LogP contribution is 2.34. The van der Waals surface area contributed by atoms with Crippen molar-refractivity contribution >= 4 is 34.2 Å². The number of benzene rings is 3. The number of esters is 1. The molecule has 4 aromatic rings. The molecule has 176 valence electrons. The number of phenols is 2. The Hall–Kier alpha value is -4.17. The maximum Gasteiger partial charge on any atom is 0.338 e. The maximum atomic E-state index is 13.7. The van der Waals surface area contributed by atoms with Gasteiger partial charge in [-0.2, -0.15) is 0 Å². The third-order valence-electron chi connectivity index (χ3n) is 5.93. The van der Waals surface area contributed by atoms with E-state index in [1.165, 1.54) is 28.0 Å². The van der Waals surface area contributed by atoms with Crippen LogP contribution in [-0.2, 0) is 9.53 Å².